The van der Waals surface area contributed by atoms with Gasteiger partial charge in [0, 0.05) is 25.6 Å². The predicted molar refractivity (Wildman–Crippen MR) is 84.0 cm³/mol. The highest BCUT2D eigenvalue weighted by atomic mass is 16.5. The highest BCUT2D eigenvalue weighted by molar-refractivity contribution is 5.76. The van der Waals surface area contributed by atoms with Crippen LogP contribution < -0.4 is 5.32 Å². The molecule has 2 rings (SSSR count). The lowest BCUT2D eigenvalue weighted by molar-refractivity contribution is -0.122. The van der Waals surface area contributed by atoms with Crippen LogP contribution in [-0.2, 0) is 16.1 Å². The summed E-state index contributed by atoms with van der Waals surface area (Å²) in [7, 11) is 2.11. The Labute approximate surface area is 127 Å². The fraction of sp³-hybridized carbons (Fsp3) is 0.588. The zero-order valence-electron chi connectivity index (χ0n) is 12.9. The molecule has 0 saturated carbocycles. The van der Waals surface area contributed by atoms with Crippen molar-refractivity contribution in [3.8, 4) is 0 Å². The van der Waals surface area contributed by atoms with Gasteiger partial charge in [0.2, 0.25) is 5.91 Å². The molecule has 21 heavy (non-hydrogen) atoms. The maximum absolute atomic E-state index is 11.9. The van der Waals surface area contributed by atoms with Gasteiger partial charge in [0.05, 0.1) is 6.61 Å². The highest BCUT2D eigenvalue weighted by Crippen LogP contribution is 2.08. The zero-order chi connectivity index (χ0) is 14.9. The second kappa shape index (κ2) is 8.80. The van der Waals surface area contributed by atoms with E-state index in [0.29, 0.717) is 25.7 Å². The summed E-state index contributed by atoms with van der Waals surface area (Å²) < 4.78 is 5.59. The molecule has 0 bridgehead atoms. The molecule has 1 atom stereocenters. The fourth-order valence-corrected chi connectivity index (χ4v) is 2.68. The van der Waals surface area contributed by atoms with Crippen molar-refractivity contribution in [1.82, 2.24) is 10.2 Å². The van der Waals surface area contributed by atoms with Crippen molar-refractivity contribution in [1.29, 1.82) is 0 Å². The van der Waals surface area contributed by atoms with Crippen molar-refractivity contribution < 1.29 is 9.53 Å². The van der Waals surface area contributed by atoms with E-state index in [1.54, 1.807) is 0 Å². The van der Waals surface area contributed by atoms with Crippen LogP contribution in [0.15, 0.2) is 30.3 Å². The first kappa shape index (κ1) is 16.0. The quantitative estimate of drug-likeness (QED) is 0.783. The fourth-order valence-electron chi connectivity index (χ4n) is 2.68. The standard InChI is InChI=1S/C17H26N2O2/c1-19-11-5-9-16(13-19)18-17(20)10-6-12-21-14-15-7-3-2-4-8-15/h2-4,7-8,16H,5-6,9-14H2,1H3,(H,18,20). The SMILES string of the molecule is CN1CCCC(NC(=O)CCCOCc2ccccc2)C1. The second-order valence-corrected chi connectivity index (χ2v) is 5.81. The van der Waals surface area contributed by atoms with Gasteiger partial charge in [-0.25, -0.2) is 0 Å². The van der Waals surface area contributed by atoms with Gasteiger partial charge in [-0.3, -0.25) is 4.79 Å². The van der Waals surface area contributed by atoms with Gasteiger partial charge in [-0.05, 0) is 38.4 Å². The molecule has 0 spiro atoms. The Balaban J connectivity index is 1.53. The van der Waals surface area contributed by atoms with Gasteiger partial charge in [0.15, 0.2) is 0 Å². The van der Waals surface area contributed by atoms with Crippen LogP contribution >= 0.6 is 0 Å². The number of hydrogen-bond acceptors (Lipinski definition) is 3. The van der Waals surface area contributed by atoms with Gasteiger partial charge in [-0.15, -0.1) is 0 Å². The summed E-state index contributed by atoms with van der Waals surface area (Å²) in [4.78, 5) is 14.1. The zero-order valence-corrected chi connectivity index (χ0v) is 12.9. The van der Waals surface area contributed by atoms with Crippen LogP contribution in [0.2, 0.25) is 0 Å². The molecular formula is C17H26N2O2. The Morgan fingerprint density at radius 2 is 2.19 bits per heavy atom. The number of benzene rings is 1. The number of ether oxygens (including phenoxy) is 1. The van der Waals surface area contributed by atoms with Crippen molar-refractivity contribution in [3.05, 3.63) is 35.9 Å². The predicted octanol–water partition coefficient (Wildman–Crippen LogP) is 2.19. The summed E-state index contributed by atoms with van der Waals surface area (Å²) in [6, 6.07) is 10.4. The van der Waals surface area contributed by atoms with E-state index >= 15 is 0 Å². The number of nitrogens with one attached hydrogen (secondary N) is 1. The molecular weight excluding hydrogens is 264 g/mol. The summed E-state index contributed by atoms with van der Waals surface area (Å²) in [6.45, 7) is 3.36. The lowest BCUT2D eigenvalue weighted by Crippen LogP contribution is -2.46. The van der Waals surface area contributed by atoms with Crippen LogP contribution in [0.1, 0.15) is 31.2 Å². The smallest absolute Gasteiger partial charge is 0.220 e. The van der Waals surface area contributed by atoms with Gasteiger partial charge in [-0.1, -0.05) is 30.3 Å². The van der Waals surface area contributed by atoms with Crippen molar-refractivity contribution in [2.75, 3.05) is 26.7 Å². The van der Waals surface area contributed by atoms with Crippen LogP contribution in [-0.4, -0.2) is 43.6 Å². The van der Waals surface area contributed by atoms with Gasteiger partial charge >= 0.3 is 0 Å². The molecule has 1 unspecified atom stereocenters. The normalized spacial score (nSPS) is 19.4. The molecule has 116 valence electrons. The number of rotatable bonds is 7. The summed E-state index contributed by atoms with van der Waals surface area (Å²) in [5.74, 6) is 0.151. The average Bonchev–Trinajstić information content (AvgIpc) is 2.48. The number of nitrogens with zero attached hydrogens (tertiary/aromatic N) is 1. The summed E-state index contributed by atoms with van der Waals surface area (Å²) in [5.41, 5.74) is 1.17. The molecule has 1 aromatic rings. The molecule has 0 radical (unpaired) electrons. The topological polar surface area (TPSA) is 41.6 Å². The molecule has 1 aliphatic rings. The first-order chi connectivity index (χ1) is 10.2. The molecule has 1 saturated heterocycles. The van der Waals surface area contributed by atoms with E-state index < -0.39 is 0 Å². The molecule has 1 aromatic carbocycles. The molecule has 4 nitrogen and oxygen atoms in total. The first-order valence-electron chi connectivity index (χ1n) is 7.83. The number of carbonyl (C=O) groups is 1. The van der Waals surface area contributed by atoms with E-state index in [2.05, 4.69) is 17.3 Å². The molecule has 1 N–H and O–H groups in total. The van der Waals surface area contributed by atoms with Crippen LogP contribution in [0.4, 0.5) is 0 Å². The van der Waals surface area contributed by atoms with Crippen LogP contribution in [0.3, 0.4) is 0 Å². The van der Waals surface area contributed by atoms with Crippen molar-refractivity contribution in [2.45, 2.75) is 38.3 Å². The van der Waals surface area contributed by atoms with Crippen LogP contribution in [0, 0.1) is 0 Å². The van der Waals surface area contributed by atoms with Crippen LogP contribution in [0.5, 0.6) is 0 Å². The minimum absolute atomic E-state index is 0.151. The molecule has 0 aliphatic carbocycles. The monoisotopic (exact) mass is 290 g/mol. The number of likely N-dealkylation sites (N-methyl/N-ethyl adjacent to an activating group) is 1. The Kier molecular flexibility index (Phi) is 6.70. The number of amides is 1. The van der Waals surface area contributed by atoms with Gasteiger partial charge in [-0.2, -0.15) is 0 Å². The van der Waals surface area contributed by atoms with E-state index in [1.807, 2.05) is 30.3 Å². The van der Waals surface area contributed by atoms with E-state index in [4.69, 9.17) is 4.74 Å². The average molecular weight is 290 g/mol. The number of likely N-dealkylation sites (tertiary alicyclic amines) is 1. The summed E-state index contributed by atoms with van der Waals surface area (Å²) in [6.07, 6.45) is 3.60. The Hall–Kier alpha value is -1.39. The summed E-state index contributed by atoms with van der Waals surface area (Å²) in [5, 5.41) is 3.12. The molecule has 1 fully saturated rings. The van der Waals surface area contributed by atoms with Gasteiger partial charge < -0.3 is 15.0 Å². The largest absolute Gasteiger partial charge is 0.377 e. The third-order valence-corrected chi connectivity index (χ3v) is 3.79. The lowest BCUT2D eigenvalue weighted by atomic mass is 10.1. The van der Waals surface area contributed by atoms with E-state index in [-0.39, 0.29) is 5.91 Å². The van der Waals surface area contributed by atoms with Crippen molar-refractivity contribution in [2.24, 2.45) is 0 Å². The Morgan fingerprint density at radius 1 is 1.38 bits per heavy atom. The van der Waals surface area contributed by atoms with Crippen LogP contribution in [0.25, 0.3) is 0 Å². The van der Waals surface area contributed by atoms with E-state index in [0.717, 1.165) is 25.9 Å². The highest BCUT2D eigenvalue weighted by Gasteiger charge is 2.18. The van der Waals surface area contributed by atoms with E-state index in [1.165, 1.54) is 12.0 Å². The number of hydrogen-bond donors (Lipinski definition) is 1. The minimum atomic E-state index is 0.151. The molecule has 4 heteroatoms. The second-order valence-electron chi connectivity index (χ2n) is 5.81. The number of piperidine rings is 1. The Morgan fingerprint density at radius 3 is 2.95 bits per heavy atom. The maximum Gasteiger partial charge on any atom is 0.220 e. The first-order valence-corrected chi connectivity index (χ1v) is 7.83. The third kappa shape index (κ3) is 6.27. The molecule has 0 aromatic heterocycles. The third-order valence-electron chi connectivity index (χ3n) is 3.79. The van der Waals surface area contributed by atoms with E-state index in [9.17, 15) is 4.79 Å². The molecule has 1 heterocycles. The lowest BCUT2D eigenvalue weighted by Gasteiger charge is -2.30. The summed E-state index contributed by atoms with van der Waals surface area (Å²) >= 11 is 0. The maximum atomic E-state index is 11.9. The number of carbonyl (C=O) groups excluding carboxylic acids is 1. The Bertz CT molecular complexity index is 422. The molecule has 1 aliphatic heterocycles. The van der Waals surface area contributed by atoms with Gasteiger partial charge in [0.1, 0.15) is 0 Å². The minimum Gasteiger partial charge on any atom is -0.377 e. The van der Waals surface area contributed by atoms with Crippen molar-refractivity contribution >= 4 is 5.91 Å². The van der Waals surface area contributed by atoms with Crippen molar-refractivity contribution in [3.63, 3.8) is 0 Å². The van der Waals surface area contributed by atoms with Gasteiger partial charge in [0.25, 0.3) is 0 Å². The molecule has 1 amide bonds.